The Morgan fingerprint density at radius 2 is 0.545 bits per heavy atom. The minimum absolute atomic E-state index is 0. The van der Waals surface area contributed by atoms with Gasteiger partial charge < -0.3 is 0 Å². The third kappa shape index (κ3) is 195. The second kappa shape index (κ2) is 233. The van der Waals surface area contributed by atoms with E-state index in [4.69, 9.17) is 18.6 Å². The Bertz CT molecular complexity index is 63.1. The summed E-state index contributed by atoms with van der Waals surface area (Å²) in [5, 5.41) is 0. The first-order valence-corrected chi connectivity index (χ1v) is 0.816. The molecule has 0 rings (SSSR count). The third-order valence-corrected chi connectivity index (χ3v) is 0. The molecule has 0 unspecified atom stereocenters. The Labute approximate surface area is 161 Å². The molecule has 0 N–H and O–H groups in total. The Balaban J connectivity index is -0.00000000356. The fourth-order valence-corrected chi connectivity index (χ4v) is 0. The van der Waals surface area contributed by atoms with Crippen LogP contribution in [0.3, 0.4) is 0 Å². The molecule has 0 atom stereocenters. The van der Waals surface area contributed by atoms with E-state index in [2.05, 4.69) is 26.6 Å². The van der Waals surface area contributed by atoms with Crippen LogP contribution in [0.1, 0.15) is 0 Å². The maximum Gasteiger partial charge on any atom is 1.00 e. The van der Waals surface area contributed by atoms with Crippen molar-refractivity contribution in [2.45, 2.75) is 0 Å². The number of hydrogen-bond donors (Lipinski definition) is 0. The van der Waals surface area contributed by atoms with E-state index in [0.29, 0.717) is 0 Å². The van der Waals surface area contributed by atoms with E-state index in [0.717, 1.165) is 0 Å². The van der Waals surface area contributed by atoms with Gasteiger partial charge in [0.1, 0.15) is 0 Å². The third-order valence-electron chi connectivity index (χ3n) is 0. The molecule has 1 radical (unpaired) electrons. The zero-order valence-electron chi connectivity index (χ0n) is 5.99. The molecule has 0 bridgehead atoms. The molecule has 0 aliphatic heterocycles. The summed E-state index contributed by atoms with van der Waals surface area (Å²) in [7, 11) is 0. The first kappa shape index (κ1) is 49.1. The zero-order valence-corrected chi connectivity index (χ0v) is 13.3. The Kier molecular flexibility index (Phi) is 1040. The van der Waals surface area contributed by atoms with Crippen LogP contribution in [-0.4, -0.2) is 51.4 Å². The quantitative estimate of drug-likeness (QED) is 0.241. The maximum absolute atomic E-state index is 7.50. The fourth-order valence-electron chi connectivity index (χ4n) is 0. The number of rotatable bonds is 0. The van der Waals surface area contributed by atoms with Gasteiger partial charge in [-0.1, -0.05) is 0 Å². The topological polar surface area (TPSA) is 79.6 Å². The Hall–Kier alpha value is 2.75. The van der Waals surface area contributed by atoms with Crippen LogP contribution in [0.5, 0.6) is 0 Å². The van der Waals surface area contributed by atoms with Gasteiger partial charge in [0.05, 0.1) is 0 Å². The summed E-state index contributed by atoms with van der Waals surface area (Å²) in [6.07, 6.45) is 0. The van der Waals surface area contributed by atoms with Crippen LogP contribution < -0.4 is 51.4 Å². The van der Waals surface area contributed by atoms with Crippen molar-refractivity contribution in [3.8, 4) is 0 Å². The predicted octanol–water partition coefficient (Wildman–Crippen LogP) is -3.53. The molecule has 0 saturated heterocycles. The molecule has 0 aromatic carbocycles. The van der Waals surface area contributed by atoms with Crippen molar-refractivity contribution in [1.82, 2.24) is 0 Å². The monoisotopic (exact) mass is 246 g/mol. The fraction of sp³-hybridized carbons (Fsp3) is 0. The van der Waals surface area contributed by atoms with Crippen molar-refractivity contribution < 1.29 is 87.1 Å². The van der Waals surface area contributed by atoms with Crippen molar-refractivity contribution >= 4 is 51.4 Å². The van der Waals surface area contributed by atoms with Crippen LogP contribution in [0.15, 0.2) is 0 Å². The van der Waals surface area contributed by atoms with Crippen LogP contribution in [0.2, 0.25) is 0 Å². The molecule has 0 spiro atoms. The standard InChI is InChI=1S/4CO.Fe.2K/c4*1-2;;;/q;;;;;;+1. The Morgan fingerprint density at radius 1 is 0.545 bits per heavy atom. The summed E-state index contributed by atoms with van der Waals surface area (Å²) >= 11 is 0. The van der Waals surface area contributed by atoms with Crippen molar-refractivity contribution in [3.05, 3.63) is 26.6 Å². The van der Waals surface area contributed by atoms with Gasteiger partial charge in [0, 0.05) is 68.5 Å². The van der Waals surface area contributed by atoms with Crippen LogP contribution >= 0.6 is 0 Å². The van der Waals surface area contributed by atoms with E-state index in [1.54, 1.807) is 0 Å². The molecule has 0 aromatic rings. The van der Waals surface area contributed by atoms with Gasteiger partial charge in [0.15, 0.2) is 0 Å². The molecule has 0 amide bonds. The van der Waals surface area contributed by atoms with Gasteiger partial charge in [-0.05, 0) is 0 Å². The molecule has 0 aliphatic carbocycles. The van der Waals surface area contributed by atoms with Gasteiger partial charge in [0.25, 0.3) is 0 Å². The molecule has 4 nitrogen and oxygen atoms in total. The first-order chi connectivity index (χ1) is 4.00. The summed E-state index contributed by atoms with van der Waals surface area (Å²) in [4.78, 5) is 0. The molecular formula is C4FeK2O4+. The summed E-state index contributed by atoms with van der Waals surface area (Å²) in [6.45, 7) is 18.0. The van der Waals surface area contributed by atoms with E-state index in [-0.39, 0.29) is 120 Å². The summed E-state index contributed by atoms with van der Waals surface area (Å²) < 4.78 is 30.0. The van der Waals surface area contributed by atoms with Crippen LogP contribution in [-0.2, 0) is 35.7 Å². The SMILES string of the molecule is [C-]#[O+].[C-]#[O+].[C-]#[O+].[C-]#[O+].[Fe].[K+].[K]. The van der Waals surface area contributed by atoms with Crippen molar-refractivity contribution in [1.29, 1.82) is 0 Å². The van der Waals surface area contributed by atoms with E-state index in [1.165, 1.54) is 0 Å². The normalized spacial score (nSPS) is 0.727. The van der Waals surface area contributed by atoms with Gasteiger partial charge in [-0.15, -0.1) is 0 Å². The largest absolute Gasteiger partial charge is 1.00 e. The van der Waals surface area contributed by atoms with Gasteiger partial charge in [-0.3, -0.25) is 0 Å². The molecule has 0 saturated carbocycles. The maximum atomic E-state index is 7.50. The second-order valence-electron chi connectivity index (χ2n) is 0. The van der Waals surface area contributed by atoms with Gasteiger partial charge in [-0.2, -0.15) is 0 Å². The second-order valence-corrected chi connectivity index (χ2v) is 0. The van der Waals surface area contributed by atoms with Crippen LogP contribution in [0.25, 0.3) is 0 Å². The Morgan fingerprint density at radius 3 is 0.545 bits per heavy atom. The molecule has 0 aliphatic rings. The predicted molar refractivity (Wildman–Crippen MR) is 21.5 cm³/mol. The number of hydrogen-bond acceptors (Lipinski definition) is 0. The molecule has 0 fully saturated rings. The van der Waals surface area contributed by atoms with Crippen molar-refractivity contribution in [2.24, 2.45) is 0 Å². The van der Waals surface area contributed by atoms with E-state index >= 15 is 0 Å². The molecule has 7 heteroatoms. The van der Waals surface area contributed by atoms with Gasteiger partial charge in [-0.25, -0.2) is 0 Å². The van der Waals surface area contributed by atoms with Crippen molar-refractivity contribution in [3.63, 3.8) is 0 Å². The first-order valence-electron chi connectivity index (χ1n) is 0.816. The van der Waals surface area contributed by atoms with Crippen LogP contribution in [0.4, 0.5) is 0 Å². The van der Waals surface area contributed by atoms with Crippen molar-refractivity contribution in [2.75, 3.05) is 0 Å². The average molecular weight is 246 g/mol. The van der Waals surface area contributed by atoms with E-state index in [1.807, 2.05) is 0 Å². The summed E-state index contributed by atoms with van der Waals surface area (Å²) in [6, 6.07) is 0. The molecule has 0 aromatic heterocycles. The molecular weight excluding hydrogens is 246 g/mol. The minimum Gasteiger partial charge on any atom is 0 e. The smallest absolute Gasteiger partial charge is 0 e. The molecule has 11 heavy (non-hydrogen) atoms. The zero-order chi connectivity index (χ0) is 8.00. The van der Waals surface area contributed by atoms with E-state index in [9.17, 15) is 0 Å². The van der Waals surface area contributed by atoms with E-state index < -0.39 is 0 Å². The van der Waals surface area contributed by atoms with Crippen LogP contribution in [0, 0.1) is 26.6 Å². The average Bonchev–Trinajstić information content (AvgIpc) is 2.03. The molecule has 0 heterocycles. The van der Waals surface area contributed by atoms with Gasteiger partial charge in [0.2, 0.25) is 0 Å². The molecule has 49 valence electrons. The summed E-state index contributed by atoms with van der Waals surface area (Å²) in [5.74, 6) is 0. The summed E-state index contributed by atoms with van der Waals surface area (Å²) in [5.41, 5.74) is 0. The van der Waals surface area contributed by atoms with Gasteiger partial charge >= 0.3 is 96.6 Å². The minimum atomic E-state index is 0.